The molecule has 0 saturated heterocycles. The molecule has 9 heavy (non-hydrogen) atoms. The maximum Gasteiger partial charge on any atom is 0.0549 e. The van der Waals surface area contributed by atoms with Gasteiger partial charge in [0.2, 0.25) is 0 Å². The van der Waals surface area contributed by atoms with Gasteiger partial charge in [-0.25, -0.2) is 0 Å². The van der Waals surface area contributed by atoms with E-state index in [-0.39, 0.29) is 0 Å². The molecule has 0 radical (unpaired) electrons. The van der Waals surface area contributed by atoms with Crippen LogP contribution in [0.4, 0.5) is 0 Å². The molecule has 0 spiro atoms. The summed E-state index contributed by atoms with van der Waals surface area (Å²) in [6, 6.07) is 0. The molecule has 0 rings (SSSR count). The van der Waals surface area contributed by atoms with Gasteiger partial charge in [0, 0.05) is 5.88 Å². The predicted molar refractivity (Wildman–Crippen MR) is 48.0 cm³/mol. The Bertz CT molecular complexity index is 79.0. The molecule has 0 heterocycles. The quantitative estimate of drug-likeness (QED) is 0.339. The minimum Gasteiger partial charge on any atom is -0.127 e. The van der Waals surface area contributed by atoms with Gasteiger partial charge >= 0.3 is 0 Å². The number of alkyl halides is 1. The van der Waals surface area contributed by atoms with Crippen molar-refractivity contribution in [3.8, 4) is 0 Å². The van der Waals surface area contributed by atoms with E-state index in [0.29, 0.717) is 0 Å². The summed E-state index contributed by atoms with van der Waals surface area (Å²) in [7, 11) is -0.437. The summed E-state index contributed by atoms with van der Waals surface area (Å²) in [5.41, 5.74) is 2.35. The number of hydrogen-bond donors (Lipinski definition) is 0. The van der Waals surface area contributed by atoms with E-state index in [2.05, 4.69) is 24.9 Å². The summed E-state index contributed by atoms with van der Waals surface area (Å²) in [6.07, 6.45) is 4.55. The Morgan fingerprint density at radius 3 is 2.56 bits per heavy atom. The number of unbranched alkanes of at least 4 members (excludes halogenated alkanes) is 1. The molecule has 0 N–H and O–H groups in total. The van der Waals surface area contributed by atoms with Gasteiger partial charge in [0.05, 0.1) is 8.80 Å². The van der Waals surface area contributed by atoms with Crippen LogP contribution in [0, 0.1) is 0 Å². The largest absolute Gasteiger partial charge is 0.127 e. The highest BCUT2D eigenvalue weighted by atomic mass is 35.5. The molecule has 0 aromatic carbocycles. The highest BCUT2D eigenvalue weighted by molar-refractivity contribution is 6.61. The van der Waals surface area contributed by atoms with E-state index in [4.69, 9.17) is 11.6 Å². The Hall–Kier alpha value is 0.247. The van der Waals surface area contributed by atoms with E-state index >= 15 is 0 Å². The van der Waals surface area contributed by atoms with Crippen LogP contribution in [0.2, 0.25) is 13.1 Å². The van der Waals surface area contributed by atoms with E-state index in [1.807, 2.05) is 0 Å². The summed E-state index contributed by atoms with van der Waals surface area (Å²) in [5, 5.41) is 0. The van der Waals surface area contributed by atoms with Crippen molar-refractivity contribution < 1.29 is 0 Å². The first kappa shape index (κ1) is 9.25. The van der Waals surface area contributed by atoms with Crippen LogP contribution < -0.4 is 0 Å². The van der Waals surface area contributed by atoms with Crippen molar-refractivity contribution in [1.29, 1.82) is 0 Å². The van der Waals surface area contributed by atoms with Gasteiger partial charge in [-0.2, -0.15) is 0 Å². The second-order valence-electron chi connectivity index (χ2n) is 2.50. The lowest BCUT2D eigenvalue weighted by molar-refractivity contribution is 0.967. The maximum absolute atomic E-state index is 5.49. The molecule has 0 aliphatic rings. The molecule has 0 bridgehead atoms. The molecule has 0 aromatic rings. The second kappa shape index (κ2) is 6.37. The minimum atomic E-state index is -0.437. The molecular formula is C7H15ClSi. The Labute approximate surface area is 64.5 Å². The van der Waals surface area contributed by atoms with Crippen LogP contribution in [0.5, 0.6) is 0 Å². The van der Waals surface area contributed by atoms with Gasteiger partial charge in [-0.3, -0.25) is 0 Å². The Morgan fingerprint density at radius 2 is 2.11 bits per heavy atom. The Morgan fingerprint density at radius 1 is 1.44 bits per heavy atom. The molecule has 0 atom stereocenters. The van der Waals surface area contributed by atoms with Crippen LogP contribution in [0.3, 0.4) is 0 Å². The Balaban J connectivity index is 3.04. The zero-order valence-corrected chi connectivity index (χ0v) is 8.14. The number of rotatable bonds is 4. The maximum atomic E-state index is 5.49. The van der Waals surface area contributed by atoms with E-state index < -0.39 is 8.80 Å². The molecule has 0 aromatic heterocycles. The summed E-state index contributed by atoms with van der Waals surface area (Å²) >= 11 is 5.49. The molecule has 0 aliphatic heterocycles. The first-order chi connectivity index (χ1) is 4.27. The second-order valence-corrected chi connectivity index (χ2v) is 5.75. The van der Waals surface area contributed by atoms with E-state index in [0.717, 1.165) is 18.7 Å². The number of hydrogen-bond acceptors (Lipinski definition) is 0. The van der Waals surface area contributed by atoms with Crippen molar-refractivity contribution in [3.05, 3.63) is 11.8 Å². The van der Waals surface area contributed by atoms with Crippen molar-refractivity contribution in [2.24, 2.45) is 0 Å². The third kappa shape index (κ3) is 8.25. The summed E-state index contributed by atoms with van der Waals surface area (Å²) in [6.45, 7) is 4.63. The normalized spacial score (nSPS) is 11.6. The highest BCUT2D eigenvalue weighted by Gasteiger charge is 1.84. The van der Waals surface area contributed by atoms with Crippen LogP contribution >= 0.6 is 11.6 Å². The molecule has 54 valence electrons. The smallest absolute Gasteiger partial charge is 0.0549 e. The molecular weight excluding hydrogens is 148 g/mol. The van der Waals surface area contributed by atoms with Crippen LogP contribution in [-0.2, 0) is 0 Å². The summed E-state index contributed by atoms with van der Waals surface area (Å²) in [5.74, 6) is 0.796. The van der Waals surface area contributed by atoms with Gasteiger partial charge < -0.3 is 0 Å². The summed E-state index contributed by atoms with van der Waals surface area (Å²) in [4.78, 5) is 0. The summed E-state index contributed by atoms with van der Waals surface area (Å²) < 4.78 is 0. The van der Waals surface area contributed by atoms with Crippen LogP contribution in [0.15, 0.2) is 11.8 Å². The van der Waals surface area contributed by atoms with Crippen molar-refractivity contribution in [3.63, 3.8) is 0 Å². The monoisotopic (exact) mass is 162 g/mol. The van der Waals surface area contributed by atoms with E-state index in [9.17, 15) is 0 Å². The zero-order valence-electron chi connectivity index (χ0n) is 6.23. The van der Waals surface area contributed by atoms with Gasteiger partial charge in [0.1, 0.15) is 0 Å². The number of allylic oxidation sites excluding steroid dienone is 1. The SMILES string of the molecule is C[SiH](C)C=CCCCCl. The fraction of sp³-hybridized carbons (Fsp3) is 0.714. The molecule has 0 saturated carbocycles. The third-order valence-electron chi connectivity index (χ3n) is 1.03. The fourth-order valence-electron chi connectivity index (χ4n) is 0.563. The number of halogens is 1. The predicted octanol–water partition coefficient (Wildman–Crippen LogP) is 2.59. The van der Waals surface area contributed by atoms with E-state index in [1.165, 1.54) is 0 Å². The van der Waals surface area contributed by atoms with E-state index in [1.54, 1.807) is 0 Å². The van der Waals surface area contributed by atoms with Crippen molar-refractivity contribution in [2.75, 3.05) is 5.88 Å². The zero-order chi connectivity index (χ0) is 7.11. The van der Waals surface area contributed by atoms with Crippen LogP contribution in [0.1, 0.15) is 12.8 Å². The average molecular weight is 163 g/mol. The third-order valence-corrected chi connectivity index (χ3v) is 2.33. The lowest BCUT2D eigenvalue weighted by atomic mass is 10.3. The van der Waals surface area contributed by atoms with Gasteiger partial charge in [-0.05, 0) is 12.8 Å². The topological polar surface area (TPSA) is 0 Å². The molecule has 0 amide bonds. The lowest BCUT2D eigenvalue weighted by Gasteiger charge is -1.90. The molecule has 0 aliphatic carbocycles. The standard InChI is InChI=1S/C7H15ClSi/c1-9(2)7-5-3-4-6-8/h5,7,9H,3-4,6H2,1-2H3. The molecule has 0 nitrogen and oxygen atoms in total. The first-order valence-corrected chi connectivity index (χ1v) is 7.01. The molecule has 0 fully saturated rings. The first-order valence-electron chi connectivity index (χ1n) is 3.50. The minimum absolute atomic E-state index is 0.437. The lowest BCUT2D eigenvalue weighted by Crippen LogP contribution is -1.91. The van der Waals surface area contributed by atoms with Crippen LogP contribution in [0.25, 0.3) is 0 Å². The van der Waals surface area contributed by atoms with Gasteiger partial charge in [0.25, 0.3) is 0 Å². The van der Waals surface area contributed by atoms with Crippen molar-refractivity contribution in [1.82, 2.24) is 0 Å². The van der Waals surface area contributed by atoms with Crippen molar-refractivity contribution >= 4 is 20.4 Å². The van der Waals surface area contributed by atoms with Gasteiger partial charge in [0.15, 0.2) is 0 Å². The van der Waals surface area contributed by atoms with Gasteiger partial charge in [-0.15, -0.1) is 17.3 Å². The highest BCUT2D eigenvalue weighted by Crippen LogP contribution is 1.94. The fourth-order valence-corrected chi connectivity index (χ4v) is 1.45. The molecule has 0 unspecified atom stereocenters. The van der Waals surface area contributed by atoms with Gasteiger partial charge in [-0.1, -0.05) is 19.2 Å². The average Bonchev–Trinajstić information content (AvgIpc) is 1.80. The Kier molecular flexibility index (Phi) is 6.54. The van der Waals surface area contributed by atoms with Crippen LogP contribution in [-0.4, -0.2) is 14.7 Å². The molecule has 2 heteroatoms. The van der Waals surface area contributed by atoms with Crippen molar-refractivity contribution in [2.45, 2.75) is 25.9 Å².